The Morgan fingerprint density at radius 1 is 1.40 bits per heavy atom. The lowest BCUT2D eigenvalue weighted by molar-refractivity contribution is -0.129. The normalized spacial score (nSPS) is 22.1. The molecule has 0 saturated carbocycles. The van der Waals surface area contributed by atoms with Crippen LogP contribution >= 0.6 is 23.8 Å². The zero-order valence-corrected chi connectivity index (χ0v) is 12.6. The second-order valence-electron chi connectivity index (χ2n) is 5.25. The molecule has 2 saturated heterocycles. The van der Waals surface area contributed by atoms with E-state index in [4.69, 9.17) is 29.6 Å². The number of piperazine rings is 1. The van der Waals surface area contributed by atoms with E-state index in [1.54, 1.807) is 0 Å². The van der Waals surface area contributed by atoms with Crippen molar-refractivity contribution in [3.05, 3.63) is 28.8 Å². The molecule has 1 atom stereocenters. The van der Waals surface area contributed by atoms with Crippen molar-refractivity contribution < 1.29 is 4.79 Å². The van der Waals surface area contributed by atoms with Crippen molar-refractivity contribution in [1.82, 2.24) is 4.90 Å². The molecule has 0 aliphatic carbocycles. The Balaban J connectivity index is 1.79. The summed E-state index contributed by atoms with van der Waals surface area (Å²) in [4.78, 5) is 16.3. The van der Waals surface area contributed by atoms with Crippen molar-refractivity contribution in [2.75, 3.05) is 24.5 Å². The van der Waals surface area contributed by atoms with Crippen LogP contribution in [0.1, 0.15) is 18.4 Å². The monoisotopic (exact) mass is 309 g/mol. The van der Waals surface area contributed by atoms with Crippen LogP contribution in [-0.2, 0) is 4.79 Å². The molecule has 1 aromatic rings. The van der Waals surface area contributed by atoms with Gasteiger partial charge < -0.3 is 15.5 Å². The van der Waals surface area contributed by atoms with Gasteiger partial charge in [0, 0.05) is 43.3 Å². The third-order valence-corrected chi connectivity index (χ3v) is 4.61. The van der Waals surface area contributed by atoms with Crippen molar-refractivity contribution >= 4 is 40.4 Å². The van der Waals surface area contributed by atoms with Gasteiger partial charge in [-0.2, -0.15) is 0 Å². The maximum atomic E-state index is 11.7. The van der Waals surface area contributed by atoms with Gasteiger partial charge in [-0.3, -0.25) is 4.79 Å². The lowest BCUT2D eigenvalue weighted by Crippen LogP contribution is -2.51. The van der Waals surface area contributed by atoms with E-state index < -0.39 is 0 Å². The minimum atomic E-state index is 0.288. The highest BCUT2D eigenvalue weighted by atomic mass is 35.5. The number of nitrogens with two attached hydrogens (primary N) is 1. The fourth-order valence-corrected chi connectivity index (χ4v) is 3.51. The number of fused-ring (bicyclic) bond motifs is 1. The van der Waals surface area contributed by atoms with Crippen LogP contribution in [-0.4, -0.2) is 41.5 Å². The number of thiocarbonyl (C=S) groups is 1. The molecule has 1 aromatic carbocycles. The first-order valence-corrected chi connectivity index (χ1v) is 7.48. The van der Waals surface area contributed by atoms with Gasteiger partial charge in [0.15, 0.2) is 0 Å². The Morgan fingerprint density at radius 2 is 2.20 bits per heavy atom. The Labute approximate surface area is 128 Å². The number of halogens is 1. The lowest BCUT2D eigenvalue weighted by atomic mass is 10.1. The van der Waals surface area contributed by atoms with Gasteiger partial charge in [-0.1, -0.05) is 23.8 Å². The standard InChI is InChI=1S/C14H16ClN3OS/c15-12-7-9(1-3-11(12)14(16)20)17-5-6-18-10(8-17)2-4-13(18)19/h1,3,7,10H,2,4-6,8H2,(H2,16,20). The van der Waals surface area contributed by atoms with E-state index in [0.29, 0.717) is 28.0 Å². The minimum absolute atomic E-state index is 0.288. The average Bonchev–Trinajstić information content (AvgIpc) is 2.79. The second-order valence-corrected chi connectivity index (χ2v) is 6.10. The quantitative estimate of drug-likeness (QED) is 0.846. The van der Waals surface area contributed by atoms with Crippen molar-refractivity contribution in [2.24, 2.45) is 5.73 Å². The van der Waals surface area contributed by atoms with Crippen LogP contribution in [0.4, 0.5) is 5.69 Å². The topological polar surface area (TPSA) is 49.6 Å². The largest absolute Gasteiger partial charge is 0.389 e. The number of carbonyl (C=O) groups is 1. The summed E-state index contributed by atoms with van der Waals surface area (Å²) >= 11 is 11.2. The van der Waals surface area contributed by atoms with Gasteiger partial charge in [0.25, 0.3) is 0 Å². The molecule has 4 nitrogen and oxygen atoms in total. The summed E-state index contributed by atoms with van der Waals surface area (Å²) in [7, 11) is 0. The number of hydrogen-bond acceptors (Lipinski definition) is 3. The Hall–Kier alpha value is -1.33. The van der Waals surface area contributed by atoms with Gasteiger partial charge in [0.05, 0.1) is 5.02 Å². The number of anilines is 1. The molecular formula is C14H16ClN3OS. The molecule has 2 fully saturated rings. The maximum Gasteiger partial charge on any atom is 0.223 e. The highest BCUT2D eigenvalue weighted by Gasteiger charge is 2.35. The Bertz CT molecular complexity index is 578. The smallest absolute Gasteiger partial charge is 0.223 e. The number of nitrogens with zero attached hydrogens (tertiary/aromatic N) is 2. The third-order valence-electron chi connectivity index (χ3n) is 4.08. The molecule has 2 heterocycles. The van der Waals surface area contributed by atoms with Crippen molar-refractivity contribution in [3.8, 4) is 0 Å². The fraction of sp³-hybridized carbons (Fsp3) is 0.429. The maximum absolute atomic E-state index is 11.7. The van der Waals surface area contributed by atoms with E-state index in [1.807, 2.05) is 23.1 Å². The number of rotatable bonds is 2. The number of amides is 1. The molecule has 1 unspecified atom stereocenters. The number of benzene rings is 1. The van der Waals surface area contributed by atoms with Gasteiger partial charge in [-0.25, -0.2) is 0 Å². The predicted molar refractivity (Wildman–Crippen MR) is 84.3 cm³/mol. The summed E-state index contributed by atoms with van der Waals surface area (Å²) in [5, 5.41) is 0.583. The molecular weight excluding hydrogens is 294 g/mol. The first-order chi connectivity index (χ1) is 9.56. The summed E-state index contributed by atoms with van der Waals surface area (Å²) in [6.07, 6.45) is 1.63. The molecule has 0 bridgehead atoms. The van der Waals surface area contributed by atoms with E-state index in [9.17, 15) is 4.79 Å². The molecule has 0 radical (unpaired) electrons. The summed E-state index contributed by atoms with van der Waals surface area (Å²) in [6.45, 7) is 2.50. The summed E-state index contributed by atoms with van der Waals surface area (Å²) < 4.78 is 0. The molecule has 6 heteroatoms. The predicted octanol–water partition coefficient (Wildman–Crippen LogP) is 1.79. The minimum Gasteiger partial charge on any atom is -0.389 e. The fourth-order valence-electron chi connectivity index (χ4n) is 3.00. The zero-order chi connectivity index (χ0) is 14.3. The van der Waals surface area contributed by atoms with E-state index in [-0.39, 0.29) is 5.91 Å². The van der Waals surface area contributed by atoms with E-state index >= 15 is 0 Å². The van der Waals surface area contributed by atoms with Crippen molar-refractivity contribution in [3.63, 3.8) is 0 Å². The molecule has 1 amide bonds. The van der Waals surface area contributed by atoms with Gasteiger partial charge in [-0.05, 0) is 24.6 Å². The SMILES string of the molecule is NC(=S)c1ccc(N2CCN3C(=O)CCC3C2)cc1Cl. The van der Waals surface area contributed by atoms with Gasteiger partial charge in [0.2, 0.25) is 5.91 Å². The highest BCUT2D eigenvalue weighted by Crippen LogP contribution is 2.29. The summed E-state index contributed by atoms with van der Waals surface area (Å²) in [5.74, 6) is 0.288. The first kappa shape index (κ1) is 13.6. The van der Waals surface area contributed by atoms with Crippen LogP contribution in [0.15, 0.2) is 18.2 Å². The summed E-state index contributed by atoms with van der Waals surface area (Å²) in [6, 6.07) is 6.10. The zero-order valence-electron chi connectivity index (χ0n) is 11.0. The van der Waals surface area contributed by atoms with Gasteiger partial charge >= 0.3 is 0 Å². The second kappa shape index (κ2) is 5.22. The number of carbonyl (C=O) groups excluding carboxylic acids is 1. The van der Waals surface area contributed by atoms with E-state index in [1.165, 1.54) is 0 Å². The molecule has 0 spiro atoms. The first-order valence-electron chi connectivity index (χ1n) is 6.70. The molecule has 2 aliphatic heterocycles. The van der Waals surface area contributed by atoms with E-state index in [0.717, 1.165) is 31.7 Å². The van der Waals surface area contributed by atoms with E-state index in [2.05, 4.69) is 4.90 Å². The van der Waals surface area contributed by atoms with Gasteiger partial charge in [0.1, 0.15) is 4.99 Å². The third kappa shape index (κ3) is 2.36. The Morgan fingerprint density at radius 3 is 2.90 bits per heavy atom. The number of hydrogen-bond donors (Lipinski definition) is 1. The molecule has 0 aromatic heterocycles. The molecule has 2 N–H and O–H groups in total. The molecule has 20 heavy (non-hydrogen) atoms. The van der Waals surface area contributed by atoms with Crippen LogP contribution in [0.5, 0.6) is 0 Å². The van der Waals surface area contributed by atoms with Crippen LogP contribution in [0.2, 0.25) is 5.02 Å². The van der Waals surface area contributed by atoms with Crippen molar-refractivity contribution in [1.29, 1.82) is 0 Å². The Kier molecular flexibility index (Phi) is 3.56. The van der Waals surface area contributed by atoms with Crippen molar-refractivity contribution in [2.45, 2.75) is 18.9 Å². The van der Waals surface area contributed by atoms with Crippen LogP contribution in [0.25, 0.3) is 0 Å². The lowest BCUT2D eigenvalue weighted by Gasteiger charge is -2.39. The highest BCUT2D eigenvalue weighted by molar-refractivity contribution is 7.80. The van der Waals surface area contributed by atoms with Gasteiger partial charge in [-0.15, -0.1) is 0 Å². The molecule has 2 aliphatic rings. The van der Waals surface area contributed by atoms with Crippen LogP contribution < -0.4 is 10.6 Å². The van der Waals surface area contributed by atoms with Crippen LogP contribution in [0.3, 0.4) is 0 Å². The summed E-state index contributed by atoms with van der Waals surface area (Å²) in [5.41, 5.74) is 7.39. The average molecular weight is 310 g/mol. The molecule has 106 valence electrons. The van der Waals surface area contributed by atoms with Crippen LogP contribution in [0, 0.1) is 0 Å². The molecule has 3 rings (SSSR count).